The minimum Gasteiger partial charge on any atom is -0.375 e. The van der Waals surface area contributed by atoms with E-state index in [0.29, 0.717) is 6.10 Å². The number of nitrogens with one attached hydrogen (secondary N) is 1. The lowest BCUT2D eigenvalue weighted by Gasteiger charge is -2.44. The number of hydrogen-bond donors (Lipinski definition) is 1. The van der Waals surface area contributed by atoms with Gasteiger partial charge < -0.3 is 10.1 Å². The van der Waals surface area contributed by atoms with Crippen molar-refractivity contribution in [2.24, 2.45) is 5.92 Å². The SMILES string of the molecule is C1CCC2C(C1)OCCN2CCC1CC2CCC(C1)N2. The van der Waals surface area contributed by atoms with Gasteiger partial charge in [0.25, 0.3) is 0 Å². The maximum absolute atomic E-state index is 6.00. The third-order valence-electron chi connectivity index (χ3n) is 6.24. The van der Waals surface area contributed by atoms with Gasteiger partial charge in [0.15, 0.2) is 0 Å². The van der Waals surface area contributed by atoms with Crippen LogP contribution in [0.5, 0.6) is 0 Å². The molecule has 114 valence electrons. The fourth-order valence-corrected chi connectivity index (χ4v) is 5.21. The molecule has 1 N–H and O–H groups in total. The van der Waals surface area contributed by atoms with E-state index in [1.54, 1.807) is 0 Å². The summed E-state index contributed by atoms with van der Waals surface area (Å²) in [4.78, 5) is 2.78. The quantitative estimate of drug-likeness (QED) is 0.858. The summed E-state index contributed by atoms with van der Waals surface area (Å²) < 4.78 is 6.00. The van der Waals surface area contributed by atoms with Gasteiger partial charge in [-0.2, -0.15) is 0 Å². The van der Waals surface area contributed by atoms with E-state index in [2.05, 4.69) is 10.2 Å². The second-order valence-corrected chi connectivity index (χ2v) is 7.56. The van der Waals surface area contributed by atoms with Crippen molar-refractivity contribution in [2.75, 3.05) is 19.7 Å². The van der Waals surface area contributed by atoms with Crippen LogP contribution in [0.4, 0.5) is 0 Å². The number of nitrogens with zero attached hydrogens (tertiary/aromatic N) is 1. The Bertz CT molecular complexity index is 321. The van der Waals surface area contributed by atoms with Crippen LogP contribution in [0.15, 0.2) is 0 Å². The summed E-state index contributed by atoms with van der Waals surface area (Å²) in [6.07, 6.45) is 13.2. The molecule has 1 saturated carbocycles. The van der Waals surface area contributed by atoms with E-state index in [-0.39, 0.29) is 0 Å². The Labute approximate surface area is 123 Å². The number of fused-ring (bicyclic) bond motifs is 3. The van der Waals surface area contributed by atoms with Crippen molar-refractivity contribution in [3.05, 3.63) is 0 Å². The van der Waals surface area contributed by atoms with E-state index in [4.69, 9.17) is 4.74 Å². The number of ether oxygens (including phenoxy) is 1. The van der Waals surface area contributed by atoms with Gasteiger partial charge in [-0.1, -0.05) is 12.8 Å². The Morgan fingerprint density at radius 1 is 1.00 bits per heavy atom. The number of rotatable bonds is 3. The Balaban J connectivity index is 1.30. The van der Waals surface area contributed by atoms with Crippen molar-refractivity contribution in [1.29, 1.82) is 0 Å². The van der Waals surface area contributed by atoms with Crippen LogP contribution >= 0.6 is 0 Å². The van der Waals surface area contributed by atoms with Crippen molar-refractivity contribution in [3.8, 4) is 0 Å². The van der Waals surface area contributed by atoms with Gasteiger partial charge in [0.1, 0.15) is 0 Å². The molecule has 4 unspecified atom stereocenters. The molecule has 1 aliphatic carbocycles. The van der Waals surface area contributed by atoms with E-state index < -0.39 is 0 Å². The summed E-state index contributed by atoms with van der Waals surface area (Å²) in [5.41, 5.74) is 0. The van der Waals surface area contributed by atoms with Crippen molar-refractivity contribution in [3.63, 3.8) is 0 Å². The first-order valence-corrected chi connectivity index (χ1v) is 9.00. The van der Waals surface area contributed by atoms with Crippen LogP contribution in [0, 0.1) is 5.92 Å². The highest BCUT2D eigenvalue weighted by Gasteiger charge is 2.36. The Kier molecular flexibility index (Phi) is 4.02. The molecule has 4 aliphatic rings. The van der Waals surface area contributed by atoms with Crippen molar-refractivity contribution in [1.82, 2.24) is 10.2 Å². The van der Waals surface area contributed by atoms with Crippen molar-refractivity contribution < 1.29 is 4.74 Å². The van der Waals surface area contributed by atoms with Crippen molar-refractivity contribution in [2.45, 2.75) is 82.0 Å². The number of piperidine rings is 1. The summed E-state index contributed by atoms with van der Waals surface area (Å²) in [5.74, 6) is 0.985. The third kappa shape index (κ3) is 2.77. The first kappa shape index (κ1) is 13.5. The maximum Gasteiger partial charge on any atom is 0.0730 e. The average Bonchev–Trinajstić information content (AvgIpc) is 2.84. The molecule has 0 amide bonds. The van der Waals surface area contributed by atoms with E-state index in [9.17, 15) is 0 Å². The molecular formula is C17H30N2O. The van der Waals surface area contributed by atoms with Crippen LogP contribution in [0.2, 0.25) is 0 Å². The third-order valence-corrected chi connectivity index (χ3v) is 6.24. The molecule has 3 heteroatoms. The van der Waals surface area contributed by atoms with Gasteiger partial charge in [0, 0.05) is 24.7 Å². The first-order chi connectivity index (χ1) is 9.88. The fourth-order valence-electron chi connectivity index (χ4n) is 5.21. The van der Waals surface area contributed by atoms with E-state index in [1.165, 1.54) is 70.9 Å². The smallest absolute Gasteiger partial charge is 0.0730 e. The average molecular weight is 278 g/mol. The van der Waals surface area contributed by atoms with Crippen LogP contribution in [-0.2, 0) is 4.74 Å². The standard InChI is InChI=1S/C17H30N2O/c1-2-4-17-16(3-1)19(9-10-20-17)8-7-13-11-14-5-6-15(12-13)18-14/h13-18H,1-12H2. The summed E-state index contributed by atoms with van der Waals surface area (Å²) in [5, 5.41) is 3.77. The largest absolute Gasteiger partial charge is 0.375 e. The lowest BCUT2D eigenvalue weighted by atomic mass is 9.87. The van der Waals surface area contributed by atoms with E-state index in [0.717, 1.165) is 30.7 Å². The molecular weight excluding hydrogens is 248 g/mol. The predicted molar refractivity (Wildman–Crippen MR) is 80.9 cm³/mol. The molecule has 4 fully saturated rings. The van der Waals surface area contributed by atoms with Gasteiger partial charge in [-0.05, 0) is 57.4 Å². The molecule has 4 atom stereocenters. The lowest BCUT2D eigenvalue weighted by Crippen LogP contribution is -2.53. The summed E-state index contributed by atoms with van der Waals surface area (Å²) in [6, 6.07) is 2.45. The Morgan fingerprint density at radius 3 is 2.65 bits per heavy atom. The molecule has 3 nitrogen and oxygen atoms in total. The zero-order valence-corrected chi connectivity index (χ0v) is 12.7. The van der Waals surface area contributed by atoms with E-state index >= 15 is 0 Å². The minimum absolute atomic E-state index is 0.557. The highest BCUT2D eigenvalue weighted by molar-refractivity contribution is 4.93. The zero-order valence-electron chi connectivity index (χ0n) is 12.7. The van der Waals surface area contributed by atoms with Gasteiger partial charge in [-0.15, -0.1) is 0 Å². The molecule has 0 aromatic heterocycles. The lowest BCUT2D eigenvalue weighted by molar-refractivity contribution is -0.0894. The van der Waals surface area contributed by atoms with E-state index in [1.807, 2.05) is 0 Å². The second-order valence-electron chi connectivity index (χ2n) is 7.56. The molecule has 0 radical (unpaired) electrons. The summed E-state index contributed by atoms with van der Waals surface area (Å²) >= 11 is 0. The Morgan fingerprint density at radius 2 is 1.80 bits per heavy atom. The number of hydrogen-bond acceptors (Lipinski definition) is 3. The molecule has 0 spiro atoms. The normalized spacial score (nSPS) is 45.3. The highest BCUT2D eigenvalue weighted by Crippen LogP contribution is 2.34. The van der Waals surface area contributed by atoms with Crippen LogP contribution in [0.25, 0.3) is 0 Å². The van der Waals surface area contributed by atoms with Gasteiger partial charge in [-0.25, -0.2) is 0 Å². The maximum atomic E-state index is 6.00. The zero-order chi connectivity index (χ0) is 13.4. The first-order valence-electron chi connectivity index (χ1n) is 9.00. The molecule has 20 heavy (non-hydrogen) atoms. The van der Waals surface area contributed by atoms with Crippen LogP contribution in [0.1, 0.15) is 57.8 Å². The molecule has 0 aromatic carbocycles. The molecule has 0 aromatic rings. The van der Waals surface area contributed by atoms with Gasteiger partial charge in [0.05, 0.1) is 12.7 Å². The van der Waals surface area contributed by atoms with Crippen molar-refractivity contribution >= 4 is 0 Å². The van der Waals surface area contributed by atoms with Crippen LogP contribution in [0.3, 0.4) is 0 Å². The van der Waals surface area contributed by atoms with Gasteiger partial charge in [-0.3, -0.25) is 4.90 Å². The van der Waals surface area contributed by atoms with Gasteiger partial charge in [0.2, 0.25) is 0 Å². The van der Waals surface area contributed by atoms with Gasteiger partial charge >= 0.3 is 0 Å². The molecule has 3 aliphatic heterocycles. The summed E-state index contributed by atoms with van der Waals surface area (Å²) in [7, 11) is 0. The molecule has 4 rings (SSSR count). The highest BCUT2D eigenvalue weighted by atomic mass is 16.5. The number of morpholine rings is 1. The topological polar surface area (TPSA) is 24.5 Å². The Hall–Kier alpha value is -0.120. The van der Waals surface area contributed by atoms with Crippen LogP contribution in [-0.4, -0.2) is 48.8 Å². The molecule has 3 saturated heterocycles. The van der Waals surface area contributed by atoms with Crippen LogP contribution < -0.4 is 5.32 Å². The second kappa shape index (κ2) is 5.94. The molecule has 2 bridgehead atoms. The monoisotopic (exact) mass is 278 g/mol. The fraction of sp³-hybridized carbons (Fsp3) is 1.00. The predicted octanol–water partition coefficient (Wildman–Crippen LogP) is 2.55. The minimum atomic E-state index is 0.557. The molecule has 3 heterocycles. The summed E-state index contributed by atoms with van der Waals surface area (Å²) in [6.45, 7) is 3.48.